The molecule has 0 spiro atoms. The molecule has 0 saturated heterocycles. The quantitative estimate of drug-likeness (QED) is 0.391. The third kappa shape index (κ3) is 46.1. The fourth-order valence-corrected chi connectivity index (χ4v) is 0.110. The van der Waals surface area contributed by atoms with E-state index in [1.54, 1.807) is 13.1 Å². The minimum absolute atomic E-state index is 0. The topological polar surface area (TPSA) is 24.4 Å². The van der Waals surface area contributed by atoms with Crippen LogP contribution in [-0.4, -0.2) is 6.72 Å². The van der Waals surface area contributed by atoms with Crippen LogP contribution in [0.5, 0.6) is 0 Å². The maximum atomic E-state index is 3.31. The van der Waals surface area contributed by atoms with Gasteiger partial charge in [0.25, 0.3) is 0 Å². The third-order valence-corrected chi connectivity index (χ3v) is 0.300. The van der Waals surface area contributed by atoms with Gasteiger partial charge in [-0.2, -0.15) is 18.2 Å². The molecule has 1 N–H and O–H groups in total. The maximum Gasteiger partial charge on any atom is 2.00 e. The van der Waals surface area contributed by atoms with Crippen LogP contribution >= 0.6 is 0 Å². The van der Waals surface area contributed by atoms with E-state index in [-0.39, 0.29) is 26.0 Å². The van der Waals surface area contributed by atoms with Crippen molar-refractivity contribution in [3.8, 4) is 0 Å². The number of allylic oxidation sites excluding steroid dienone is 1. The molecule has 0 aromatic rings. The first-order valence-corrected chi connectivity index (χ1v) is 2.62. The molecule has 0 heterocycles. The van der Waals surface area contributed by atoms with Crippen LogP contribution < -0.4 is 5.43 Å². The van der Waals surface area contributed by atoms with Crippen molar-refractivity contribution in [1.82, 2.24) is 5.43 Å². The van der Waals surface area contributed by atoms with E-state index in [1.807, 2.05) is 13.8 Å². The predicted octanol–water partition coefficient (Wildman–Crippen LogP) is 2.00. The van der Waals surface area contributed by atoms with Crippen molar-refractivity contribution in [3.63, 3.8) is 0 Å². The molecule has 0 aromatic heterocycles. The van der Waals surface area contributed by atoms with Crippen molar-refractivity contribution in [1.29, 1.82) is 0 Å². The Kier molecular flexibility index (Phi) is 83.7. The van der Waals surface area contributed by atoms with Gasteiger partial charge in [0.2, 0.25) is 0 Å². The number of hydrogen-bond acceptors (Lipinski definition) is 2. The molecule has 0 fully saturated rings. The second kappa shape index (κ2) is 37.1. The van der Waals surface area contributed by atoms with Crippen LogP contribution in [0.15, 0.2) is 11.3 Å². The van der Waals surface area contributed by atoms with Gasteiger partial charge in [-0.15, -0.1) is 0 Å². The fourth-order valence-electron chi connectivity index (χ4n) is 0.110. The van der Waals surface area contributed by atoms with Crippen molar-refractivity contribution < 1.29 is 18.6 Å². The Morgan fingerprint density at radius 2 is 1.90 bits per heavy atom. The van der Waals surface area contributed by atoms with E-state index in [0.29, 0.717) is 0 Å². The number of nitrogens with one attached hydrogen (secondary N) is 1. The standard InChI is InChI=1S/C4H7N2.C2H6.CH3.V/c1-3-4-6-5-2;1-2;;/h4,6H,2H2,1H3;1-2H3;1H3;/q-1;;-1;+2. The molecule has 0 bridgehead atoms. The summed E-state index contributed by atoms with van der Waals surface area (Å²) >= 11 is 0. The fraction of sp³-hybridized carbons (Fsp3) is 0.429. The molecule has 0 saturated carbocycles. The molecule has 0 aliphatic heterocycles. The summed E-state index contributed by atoms with van der Waals surface area (Å²) in [5, 5.41) is 3.31. The maximum absolute atomic E-state index is 3.31. The Labute approximate surface area is 76.7 Å². The van der Waals surface area contributed by atoms with E-state index in [4.69, 9.17) is 0 Å². The number of hydrazone groups is 1. The van der Waals surface area contributed by atoms with Crippen LogP contribution in [0.4, 0.5) is 0 Å². The van der Waals surface area contributed by atoms with Crippen molar-refractivity contribution >= 4 is 6.72 Å². The molecule has 1 radical (unpaired) electrons. The van der Waals surface area contributed by atoms with Gasteiger partial charge in [0.05, 0.1) is 0 Å². The number of rotatable bonds is 2. The van der Waals surface area contributed by atoms with Gasteiger partial charge in [-0.3, -0.25) is 0 Å². The van der Waals surface area contributed by atoms with Gasteiger partial charge in [0.1, 0.15) is 0 Å². The van der Waals surface area contributed by atoms with E-state index in [2.05, 4.69) is 23.3 Å². The molecule has 0 rings (SSSR count). The second-order valence-corrected chi connectivity index (χ2v) is 0.720. The van der Waals surface area contributed by atoms with Gasteiger partial charge in [-0.25, -0.2) is 0 Å². The average Bonchev–Trinajstić information content (AvgIpc) is 1.88. The summed E-state index contributed by atoms with van der Waals surface area (Å²) in [7, 11) is 0. The molecule has 0 atom stereocenters. The van der Waals surface area contributed by atoms with Gasteiger partial charge in [-0.05, 0) is 0 Å². The van der Waals surface area contributed by atoms with Gasteiger partial charge in [0, 0.05) is 6.72 Å². The van der Waals surface area contributed by atoms with Crippen molar-refractivity contribution in [2.24, 2.45) is 5.10 Å². The normalized spacial score (nSPS) is 5.90. The van der Waals surface area contributed by atoms with Crippen molar-refractivity contribution in [2.45, 2.75) is 20.8 Å². The van der Waals surface area contributed by atoms with Gasteiger partial charge < -0.3 is 18.9 Å². The first-order chi connectivity index (χ1) is 3.91. The van der Waals surface area contributed by atoms with Crippen LogP contribution in [0.3, 0.4) is 0 Å². The Morgan fingerprint density at radius 3 is 2.00 bits per heavy atom. The van der Waals surface area contributed by atoms with Crippen LogP contribution in [0.25, 0.3) is 0 Å². The smallest absolute Gasteiger partial charge is 0.481 e. The molecule has 0 aliphatic carbocycles. The van der Waals surface area contributed by atoms with Crippen LogP contribution in [0.1, 0.15) is 20.8 Å². The van der Waals surface area contributed by atoms with E-state index in [9.17, 15) is 0 Å². The molecule has 2 nitrogen and oxygen atoms in total. The minimum Gasteiger partial charge on any atom is -0.481 e. The predicted molar refractivity (Wildman–Crippen MR) is 43.9 cm³/mol. The Hall–Kier alpha value is -0.206. The first-order valence-electron chi connectivity index (χ1n) is 2.62. The average molecular weight is 179 g/mol. The summed E-state index contributed by atoms with van der Waals surface area (Å²) in [6, 6.07) is 0. The zero-order valence-corrected chi connectivity index (χ0v) is 8.58. The zero-order valence-electron chi connectivity index (χ0n) is 7.18. The monoisotopic (exact) mass is 179 g/mol. The number of hydrogen-bond donors (Lipinski definition) is 1. The molecular formula is C7H16N2V. The van der Waals surface area contributed by atoms with E-state index in [1.165, 1.54) is 0 Å². The van der Waals surface area contributed by atoms with Crippen LogP contribution in [-0.2, 0) is 18.6 Å². The van der Waals surface area contributed by atoms with E-state index in [0.717, 1.165) is 0 Å². The molecule has 0 amide bonds. The van der Waals surface area contributed by atoms with Gasteiger partial charge in [0.15, 0.2) is 0 Å². The summed E-state index contributed by atoms with van der Waals surface area (Å²) < 4.78 is 0. The summed E-state index contributed by atoms with van der Waals surface area (Å²) in [5.74, 6) is 0. The summed E-state index contributed by atoms with van der Waals surface area (Å²) in [4.78, 5) is 0. The van der Waals surface area contributed by atoms with Crippen LogP contribution in [0, 0.1) is 13.5 Å². The van der Waals surface area contributed by atoms with Gasteiger partial charge >= 0.3 is 18.6 Å². The molecule has 0 unspecified atom stereocenters. The van der Waals surface area contributed by atoms with E-state index >= 15 is 0 Å². The molecule has 0 aromatic carbocycles. The molecular weight excluding hydrogens is 163 g/mol. The molecule has 3 heteroatoms. The minimum atomic E-state index is 0. The Bertz CT molecular complexity index is 62.6. The zero-order chi connectivity index (χ0) is 6.83. The van der Waals surface area contributed by atoms with Gasteiger partial charge in [-0.1, -0.05) is 13.8 Å². The molecule has 0 aliphatic rings. The Balaban J connectivity index is -0.0000000412. The molecule has 59 valence electrons. The van der Waals surface area contributed by atoms with E-state index < -0.39 is 0 Å². The molecule has 10 heavy (non-hydrogen) atoms. The van der Waals surface area contributed by atoms with Crippen LogP contribution in [0.2, 0.25) is 0 Å². The second-order valence-electron chi connectivity index (χ2n) is 0.720. The summed E-state index contributed by atoms with van der Waals surface area (Å²) in [6.45, 7) is 8.94. The van der Waals surface area contributed by atoms with Crippen molar-refractivity contribution in [3.05, 3.63) is 19.7 Å². The first kappa shape index (κ1) is 22.6. The number of nitrogens with zero attached hydrogens (tertiary/aromatic N) is 1. The third-order valence-electron chi connectivity index (χ3n) is 0.300. The van der Waals surface area contributed by atoms with Crippen molar-refractivity contribution in [2.75, 3.05) is 0 Å². The Morgan fingerprint density at radius 1 is 1.50 bits per heavy atom. The summed E-state index contributed by atoms with van der Waals surface area (Å²) in [5.41, 5.74) is 2.48. The summed E-state index contributed by atoms with van der Waals surface area (Å²) in [6.07, 6.45) is 4.28. The largest absolute Gasteiger partial charge is 2.00 e. The SMILES string of the molecule is C=NNC=[C-]C.CC.[CH3-].[V+2].